The summed E-state index contributed by atoms with van der Waals surface area (Å²) < 4.78 is 14.7. The first-order valence-corrected chi connectivity index (χ1v) is 7.42. The summed E-state index contributed by atoms with van der Waals surface area (Å²) in [5.41, 5.74) is 3.90. The molecule has 1 atom stereocenters. The van der Waals surface area contributed by atoms with Crippen molar-refractivity contribution in [2.75, 3.05) is 0 Å². The second kappa shape index (κ2) is 6.87. The molecule has 1 unspecified atom stereocenters. The number of rotatable bonds is 4. The van der Waals surface area contributed by atoms with Gasteiger partial charge < -0.3 is 0 Å². The van der Waals surface area contributed by atoms with Gasteiger partial charge in [-0.25, -0.2) is 4.39 Å². The van der Waals surface area contributed by atoms with Crippen LogP contribution in [-0.2, 0) is 6.42 Å². The van der Waals surface area contributed by atoms with Crippen LogP contribution in [0.4, 0.5) is 4.39 Å². The van der Waals surface area contributed by atoms with E-state index in [2.05, 4.69) is 21.4 Å². The molecule has 0 fully saturated rings. The Balaban J connectivity index is 2.34. The summed E-state index contributed by atoms with van der Waals surface area (Å²) in [5, 5.41) is 0.665. The summed E-state index contributed by atoms with van der Waals surface area (Å²) in [6.45, 7) is 0. The van der Waals surface area contributed by atoms with Gasteiger partial charge in [-0.1, -0.05) is 47.5 Å². The Labute approximate surface area is 135 Å². The predicted molar refractivity (Wildman–Crippen MR) is 84.3 cm³/mol. The van der Waals surface area contributed by atoms with Crippen LogP contribution in [0.25, 0.3) is 0 Å². The molecule has 106 valence electrons. The fourth-order valence-corrected chi connectivity index (χ4v) is 2.64. The van der Waals surface area contributed by atoms with Gasteiger partial charge in [0.1, 0.15) is 5.82 Å². The Hall–Kier alpha value is -0.650. The molecule has 0 aliphatic rings. The van der Waals surface area contributed by atoms with E-state index in [-0.39, 0.29) is 5.02 Å². The second-order valence-corrected chi connectivity index (χ2v) is 5.92. The fraction of sp³-hybridized carbons (Fsp3) is 0.143. The largest absolute Gasteiger partial charge is 0.271 e. The number of nitrogens with two attached hydrogens (primary N) is 1. The van der Waals surface area contributed by atoms with Crippen molar-refractivity contribution in [3.63, 3.8) is 0 Å². The number of hydrogen-bond acceptors (Lipinski definition) is 2. The lowest BCUT2D eigenvalue weighted by Gasteiger charge is -2.18. The Morgan fingerprint density at radius 3 is 2.55 bits per heavy atom. The summed E-state index contributed by atoms with van der Waals surface area (Å²) in [7, 11) is 0. The van der Waals surface area contributed by atoms with Gasteiger partial charge in [0.2, 0.25) is 0 Å². The average Bonchev–Trinajstić information content (AvgIpc) is 2.45. The summed E-state index contributed by atoms with van der Waals surface area (Å²) in [4.78, 5) is 0. The van der Waals surface area contributed by atoms with Gasteiger partial charge in [0.15, 0.2) is 0 Å². The molecule has 2 aromatic carbocycles. The van der Waals surface area contributed by atoms with Gasteiger partial charge in [-0.2, -0.15) is 0 Å². The molecule has 0 aliphatic carbocycles. The lowest BCUT2D eigenvalue weighted by molar-refractivity contribution is 0.510. The molecule has 2 nitrogen and oxygen atoms in total. The third kappa shape index (κ3) is 3.32. The van der Waals surface area contributed by atoms with Crippen molar-refractivity contribution in [3.05, 3.63) is 67.9 Å². The highest BCUT2D eigenvalue weighted by Crippen LogP contribution is 2.32. The Morgan fingerprint density at radius 1 is 1.20 bits per heavy atom. The highest BCUT2D eigenvalue weighted by Gasteiger charge is 2.19. The quantitative estimate of drug-likeness (QED) is 0.462. The van der Waals surface area contributed by atoms with E-state index in [1.165, 1.54) is 0 Å². The molecular formula is C14H12BrCl2FN2. The summed E-state index contributed by atoms with van der Waals surface area (Å²) in [6.07, 6.45) is 0.463. The summed E-state index contributed by atoms with van der Waals surface area (Å²) in [5.74, 6) is 5.06. The van der Waals surface area contributed by atoms with Crippen molar-refractivity contribution in [2.24, 2.45) is 5.84 Å². The number of hydrazine groups is 1. The van der Waals surface area contributed by atoms with Gasteiger partial charge in [0.25, 0.3) is 0 Å². The summed E-state index contributed by atoms with van der Waals surface area (Å²) >= 11 is 15.2. The lowest BCUT2D eigenvalue weighted by Crippen LogP contribution is -2.30. The van der Waals surface area contributed by atoms with E-state index in [0.29, 0.717) is 21.5 Å². The predicted octanol–water partition coefficient (Wildman–Crippen LogP) is 4.64. The second-order valence-electron chi connectivity index (χ2n) is 4.28. The molecule has 0 amide bonds. The van der Waals surface area contributed by atoms with E-state index in [0.717, 1.165) is 5.56 Å². The standard InChI is InChI=1S/C14H12BrCl2FN2/c15-10-6-5-9(14(18)13(10)17)12(20-19)7-8-3-1-2-4-11(8)16/h1-6,12,20H,7,19H2. The zero-order valence-electron chi connectivity index (χ0n) is 10.3. The first-order valence-electron chi connectivity index (χ1n) is 5.87. The molecule has 20 heavy (non-hydrogen) atoms. The number of benzene rings is 2. The van der Waals surface area contributed by atoms with Gasteiger partial charge in [-0.15, -0.1) is 0 Å². The van der Waals surface area contributed by atoms with Crippen LogP contribution in [0.15, 0.2) is 40.9 Å². The minimum atomic E-state index is -0.490. The van der Waals surface area contributed by atoms with Crippen LogP contribution in [0.3, 0.4) is 0 Å². The SMILES string of the molecule is NNC(Cc1ccccc1Cl)c1ccc(Br)c(Cl)c1F. The third-order valence-corrected chi connectivity index (χ3v) is 4.65. The van der Waals surface area contributed by atoms with Crippen LogP contribution in [0.5, 0.6) is 0 Å². The van der Waals surface area contributed by atoms with Crippen molar-refractivity contribution in [3.8, 4) is 0 Å². The van der Waals surface area contributed by atoms with Crippen LogP contribution >= 0.6 is 39.1 Å². The van der Waals surface area contributed by atoms with E-state index in [4.69, 9.17) is 29.0 Å². The maximum atomic E-state index is 14.2. The van der Waals surface area contributed by atoms with Gasteiger partial charge in [-0.3, -0.25) is 11.3 Å². The first kappa shape index (κ1) is 15.7. The molecule has 3 N–H and O–H groups in total. The normalized spacial score (nSPS) is 12.4. The minimum Gasteiger partial charge on any atom is -0.271 e. The van der Waals surface area contributed by atoms with E-state index in [1.54, 1.807) is 18.2 Å². The van der Waals surface area contributed by atoms with E-state index in [1.807, 2.05) is 18.2 Å². The van der Waals surface area contributed by atoms with Gasteiger partial charge in [-0.05, 0) is 40.0 Å². The fourth-order valence-electron chi connectivity index (χ4n) is 1.95. The molecule has 6 heteroatoms. The molecule has 0 radical (unpaired) electrons. The molecule has 0 aromatic heterocycles. The van der Waals surface area contributed by atoms with Crippen molar-refractivity contribution >= 4 is 39.1 Å². The summed E-state index contributed by atoms with van der Waals surface area (Å²) in [6, 6.07) is 10.3. The van der Waals surface area contributed by atoms with E-state index >= 15 is 0 Å². The maximum Gasteiger partial charge on any atom is 0.147 e. The van der Waals surface area contributed by atoms with E-state index < -0.39 is 11.9 Å². The molecule has 0 heterocycles. The zero-order valence-corrected chi connectivity index (χ0v) is 13.4. The lowest BCUT2D eigenvalue weighted by atomic mass is 9.99. The Bertz CT molecular complexity index is 622. The van der Waals surface area contributed by atoms with Gasteiger partial charge in [0.05, 0.1) is 11.1 Å². The van der Waals surface area contributed by atoms with Crippen molar-refractivity contribution in [2.45, 2.75) is 12.5 Å². The van der Waals surface area contributed by atoms with Crippen LogP contribution in [0.2, 0.25) is 10.0 Å². The molecule has 0 bridgehead atoms. The van der Waals surface area contributed by atoms with Crippen LogP contribution in [0.1, 0.15) is 17.2 Å². The Morgan fingerprint density at radius 2 is 1.90 bits per heavy atom. The van der Waals surface area contributed by atoms with Gasteiger partial charge in [0, 0.05) is 15.1 Å². The van der Waals surface area contributed by atoms with Crippen molar-refractivity contribution in [1.82, 2.24) is 5.43 Å². The topological polar surface area (TPSA) is 38.0 Å². The van der Waals surface area contributed by atoms with Crippen molar-refractivity contribution < 1.29 is 4.39 Å². The third-order valence-electron chi connectivity index (χ3n) is 3.02. The van der Waals surface area contributed by atoms with Gasteiger partial charge >= 0.3 is 0 Å². The minimum absolute atomic E-state index is 0.0434. The first-order chi connectivity index (χ1) is 9.54. The molecule has 0 saturated heterocycles. The molecule has 0 spiro atoms. The number of nitrogens with one attached hydrogen (secondary N) is 1. The molecule has 2 rings (SSSR count). The van der Waals surface area contributed by atoms with Crippen LogP contribution < -0.4 is 11.3 Å². The smallest absolute Gasteiger partial charge is 0.147 e. The number of halogens is 4. The highest BCUT2D eigenvalue weighted by atomic mass is 79.9. The highest BCUT2D eigenvalue weighted by molar-refractivity contribution is 9.10. The zero-order chi connectivity index (χ0) is 14.7. The van der Waals surface area contributed by atoms with E-state index in [9.17, 15) is 4.39 Å². The van der Waals surface area contributed by atoms with Crippen LogP contribution in [-0.4, -0.2) is 0 Å². The van der Waals surface area contributed by atoms with Crippen LogP contribution in [0, 0.1) is 5.82 Å². The monoisotopic (exact) mass is 376 g/mol. The molecule has 2 aromatic rings. The Kier molecular flexibility index (Phi) is 5.41. The molecule has 0 aliphatic heterocycles. The average molecular weight is 378 g/mol. The molecular weight excluding hydrogens is 366 g/mol. The maximum absolute atomic E-state index is 14.2. The molecule has 0 saturated carbocycles. The van der Waals surface area contributed by atoms with Crippen molar-refractivity contribution in [1.29, 1.82) is 0 Å². The number of hydrogen-bond donors (Lipinski definition) is 2.